The normalized spacial score (nSPS) is 10.0. The number of hydrogen-bond acceptors (Lipinski definition) is 4. The number of carbonyl (C=O) groups excluding carboxylic acids is 1. The maximum atomic E-state index is 11.2. The van der Waals surface area contributed by atoms with Crippen LogP contribution in [0.15, 0.2) is 66.7 Å². The molecule has 5 nitrogen and oxygen atoms in total. The Morgan fingerprint density at radius 2 is 1.79 bits per heavy atom. The van der Waals surface area contributed by atoms with E-state index in [1.54, 1.807) is 30.2 Å². The first-order chi connectivity index (χ1) is 11.7. The molecular formula is C19H15N3O2. The largest absolute Gasteiger partial charge is 0.384 e. The summed E-state index contributed by atoms with van der Waals surface area (Å²) in [5, 5.41) is 9.36. The molecule has 0 amide bonds. The van der Waals surface area contributed by atoms with E-state index in [0.29, 0.717) is 16.8 Å². The predicted octanol–water partition coefficient (Wildman–Crippen LogP) is 3.34. The Labute approximate surface area is 138 Å². The number of benzene rings is 3. The minimum absolute atomic E-state index is 0.00890. The van der Waals surface area contributed by atoms with Crippen molar-refractivity contribution in [3.63, 3.8) is 0 Å². The molecule has 5 heteroatoms. The van der Waals surface area contributed by atoms with E-state index in [9.17, 15) is 4.79 Å². The van der Waals surface area contributed by atoms with Crippen LogP contribution in [0.5, 0.6) is 0 Å². The third kappa shape index (κ3) is 3.11. The van der Waals surface area contributed by atoms with Crippen LogP contribution in [-0.4, -0.2) is 11.8 Å². The zero-order valence-electron chi connectivity index (χ0n) is 12.7. The van der Waals surface area contributed by atoms with Crippen LogP contribution in [-0.2, 0) is 9.63 Å². The second-order valence-electron chi connectivity index (χ2n) is 5.16. The number of rotatable bonds is 5. The lowest BCUT2D eigenvalue weighted by atomic mass is 10.1. The third-order valence-corrected chi connectivity index (χ3v) is 3.58. The fourth-order valence-corrected chi connectivity index (χ4v) is 2.36. The van der Waals surface area contributed by atoms with Crippen molar-refractivity contribution in [3.8, 4) is 0 Å². The van der Waals surface area contributed by atoms with Gasteiger partial charge in [-0.3, -0.25) is 5.41 Å². The van der Waals surface area contributed by atoms with Crippen LogP contribution in [0.3, 0.4) is 0 Å². The van der Waals surface area contributed by atoms with Gasteiger partial charge in [0, 0.05) is 16.5 Å². The number of anilines is 1. The Bertz CT molecular complexity index is 945. The molecule has 0 saturated heterocycles. The van der Waals surface area contributed by atoms with Gasteiger partial charge in [0.1, 0.15) is 5.84 Å². The molecule has 0 aliphatic heterocycles. The van der Waals surface area contributed by atoms with Crippen molar-refractivity contribution >= 4 is 34.0 Å². The summed E-state index contributed by atoms with van der Waals surface area (Å²) >= 11 is 0. The van der Waals surface area contributed by atoms with E-state index in [1.807, 2.05) is 42.5 Å². The molecular weight excluding hydrogens is 302 g/mol. The van der Waals surface area contributed by atoms with Crippen molar-refractivity contribution in [1.82, 2.24) is 0 Å². The predicted molar refractivity (Wildman–Crippen MR) is 95.2 cm³/mol. The summed E-state index contributed by atoms with van der Waals surface area (Å²) in [6.07, 6.45) is 0. The summed E-state index contributed by atoms with van der Waals surface area (Å²) in [5.41, 5.74) is 10.3. The van der Waals surface area contributed by atoms with E-state index in [2.05, 4.69) is 5.48 Å². The lowest BCUT2D eigenvalue weighted by molar-refractivity contribution is 0.363. The first-order valence-corrected chi connectivity index (χ1v) is 7.29. The second-order valence-corrected chi connectivity index (χ2v) is 5.16. The molecule has 0 aromatic heterocycles. The zero-order valence-corrected chi connectivity index (χ0v) is 12.7. The second kappa shape index (κ2) is 6.69. The molecule has 0 atom stereocenters. The molecule has 0 fully saturated rings. The lowest BCUT2D eigenvalue weighted by Crippen LogP contribution is -2.10. The molecule has 0 heterocycles. The van der Waals surface area contributed by atoms with Gasteiger partial charge in [-0.1, -0.05) is 54.6 Å². The molecule has 0 spiro atoms. The topological polar surface area (TPSA) is 88.2 Å². The highest BCUT2D eigenvalue weighted by molar-refractivity contribution is 6.02. The summed E-state index contributed by atoms with van der Waals surface area (Å²) in [4.78, 5) is 16.6. The SMILES string of the molecule is N=C(N)c1ccc2cccc(NOC(=C=O)c3ccccc3)c2c1. The molecule has 0 aliphatic rings. The van der Waals surface area contributed by atoms with Gasteiger partial charge in [-0.25, -0.2) is 10.3 Å². The first-order valence-electron chi connectivity index (χ1n) is 7.29. The summed E-state index contributed by atoms with van der Waals surface area (Å²) in [5.74, 6) is 1.85. The number of amidine groups is 1. The number of hydrogen-bond donors (Lipinski definition) is 3. The highest BCUT2D eigenvalue weighted by atomic mass is 16.6. The Kier molecular flexibility index (Phi) is 4.27. The molecule has 118 valence electrons. The van der Waals surface area contributed by atoms with Crippen molar-refractivity contribution < 1.29 is 9.63 Å². The summed E-state index contributed by atoms with van der Waals surface area (Å²) in [6, 6.07) is 20.1. The van der Waals surface area contributed by atoms with Crippen LogP contribution >= 0.6 is 0 Å². The fraction of sp³-hybridized carbons (Fsp3) is 0. The maximum absolute atomic E-state index is 11.2. The standard InChI is InChI=1S/C19H15N3O2/c20-19(21)15-10-9-13-7-4-8-17(16(13)11-15)22-24-18(12-23)14-5-2-1-3-6-14/h1-11,22H,(H3,20,21). The number of nitrogen functional groups attached to an aromatic ring is 1. The van der Waals surface area contributed by atoms with E-state index in [1.165, 1.54) is 0 Å². The average molecular weight is 317 g/mol. The van der Waals surface area contributed by atoms with Gasteiger partial charge in [-0.05, 0) is 17.5 Å². The van der Waals surface area contributed by atoms with Gasteiger partial charge >= 0.3 is 0 Å². The van der Waals surface area contributed by atoms with E-state index in [4.69, 9.17) is 16.0 Å². The maximum Gasteiger partial charge on any atom is 0.245 e. The summed E-state index contributed by atoms with van der Waals surface area (Å²) in [6.45, 7) is 0. The smallest absolute Gasteiger partial charge is 0.245 e. The van der Waals surface area contributed by atoms with Gasteiger partial charge in [-0.2, -0.15) is 0 Å². The lowest BCUT2D eigenvalue weighted by Gasteiger charge is -2.12. The Hall–Kier alpha value is -3.56. The van der Waals surface area contributed by atoms with Gasteiger partial charge in [0.05, 0.1) is 5.69 Å². The van der Waals surface area contributed by atoms with Gasteiger partial charge in [0.15, 0.2) is 5.94 Å². The molecule has 24 heavy (non-hydrogen) atoms. The Balaban J connectivity index is 1.91. The molecule has 3 aromatic carbocycles. The van der Waals surface area contributed by atoms with Crippen LogP contribution in [0.25, 0.3) is 16.5 Å². The van der Waals surface area contributed by atoms with E-state index < -0.39 is 0 Å². The van der Waals surface area contributed by atoms with Crippen LogP contribution in [0.1, 0.15) is 11.1 Å². The number of nitrogens with two attached hydrogens (primary N) is 1. The van der Waals surface area contributed by atoms with E-state index in [0.717, 1.165) is 10.8 Å². The Morgan fingerprint density at radius 1 is 1.00 bits per heavy atom. The van der Waals surface area contributed by atoms with Crippen molar-refractivity contribution in [3.05, 3.63) is 77.9 Å². The van der Waals surface area contributed by atoms with Gasteiger partial charge in [-0.15, -0.1) is 0 Å². The third-order valence-electron chi connectivity index (χ3n) is 3.58. The summed E-state index contributed by atoms with van der Waals surface area (Å²) < 4.78 is 0. The molecule has 0 unspecified atom stereocenters. The van der Waals surface area contributed by atoms with Crippen LogP contribution in [0.2, 0.25) is 0 Å². The molecule has 4 N–H and O–H groups in total. The highest BCUT2D eigenvalue weighted by Crippen LogP contribution is 2.25. The van der Waals surface area contributed by atoms with Gasteiger partial charge < -0.3 is 10.6 Å². The van der Waals surface area contributed by atoms with Crippen molar-refractivity contribution in [2.45, 2.75) is 0 Å². The fourth-order valence-electron chi connectivity index (χ4n) is 2.36. The van der Waals surface area contributed by atoms with Crippen molar-refractivity contribution in [2.24, 2.45) is 5.73 Å². The van der Waals surface area contributed by atoms with Crippen LogP contribution in [0, 0.1) is 5.41 Å². The molecule has 0 saturated carbocycles. The van der Waals surface area contributed by atoms with Crippen LogP contribution in [0.4, 0.5) is 5.69 Å². The monoisotopic (exact) mass is 317 g/mol. The van der Waals surface area contributed by atoms with Crippen LogP contribution < -0.4 is 11.2 Å². The van der Waals surface area contributed by atoms with E-state index in [-0.39, 0.29) is 11.6 Å². The van der Waals surface area contributed by atoms with Crippen molar-refractivity contribution in [2.75, 3.05) is 5.48 Å². The first kappa shape index (κ1) is 15.3. The van der Waals surface area contributed by atoms with Gasteiger partial charge in [0.2, 0.25) is 5.76 Å². The average Bonchev–Trinajstić information content (AvgIpc) is 2.62. The zero-order chi connectivity index (χ0) is 16.9. The van der Waals surface area contributed by atoms with Crippen molar-refractivity contribution in [1.29, 1.82) is 5.41 Å². The minimum Gasteiger partial charge on any atom is -0.384 e. The minimum atomic E-state index is -0.00890. The quantitative estimate of drug-likeness (QED) is 0.221. The highest BCUT2D eigenvalue weighted by Gasteiger charge is 2.07. The molecule has 0 radical (unpaired) electrons. The number of nitrogens with one attached hydrogen (secondary N) is 2. The van der Waals surface area contributed by atoms with E-state index >= 15 is 0 Å². The molecule has 3 aromatic rings. The molecule has 0 aliphatic carbocycles. The Morgan fingerprint density at radius 3 is 2.50 bits per heavy atom. The van der Waals surface area contributed by atoms with Gasteiger partial charge in [0.25, 0.3) is 0 Å². The number of fused-ring (bicyclic) bond motifs is 1. The summed E-state index contributed by atoms with van der Waals surface area (Å²) in [7, 11) is 0. The molecule has 3 rings (SSSR count). The molecule has 0 bridgehead atoms.